The van der Waals surface area contributed by atoms with Crippen LogP contribution in [0.3, 0.4) is 0 Å². The van der Waals surface area contributed by atoms with Crippen molar-refractivity contribution in [3.63, 3.8) is 0 Å². The van der Waals surface area contributed by atoms with E-state index in [1.165, 1.54) is 70.6 Å². The van der Waals surface area contributed by atoms with E-state index < -0.39 is 51.1 Å². The Morgan fingerprint density at radius 2 is 1.06 bits per heavy atom. The van der Waals surface area contributed by atoms with Gasteiger partial charge < -0.3 is 25.2 Å². The maximum atomic E-state index is 12.6. The number of rotatable bonds is 37. The highest BCUT2D eigenvalue weighted by molar-refractivity contribution is 7.47. The molecule has 0 heterocycles. The quantitative estimate of drug-likeness (QED) is 0.0238. The van der Waals surface area contributed by atoms with E-state index in [0.717, 1.165) is 51.4 Å². The predicted octanol–water partition coefficient (Wildman–Crippen LogP) is 10.1. The molecule has 0 radical (unpaired) electrons. The molecule has 0 rings (SSSR count). The molecule has 0 aromatic carbocycles. The number of allylic oxidation sites excluding steroid dienone is 6. The smallest absolute Gasteiger partial charge is 0.472 e. The normalized spacial score (nSPS) is 14.2. The number of carbonyl (C=O) groups is 3. The summed E-state index contributed by atoms with van der Waals surface area (Å²) in [7, 11) is -4.72. The minimum atomic E-state index is -4.72. The topological polar surface area (TPSA) is 172 Å². The number of carboxylic acid groups (broad SMARTS) is 1. The van der Waals surface area contributed by atoms with E-state index in [4.69, 9.17) is 24.8 Å². The second kappa shape index (κ2) is 35.7. The number of aliphatic carboxylic acids is 1. The Balaban J connectivity index is 4.48. The Bertz CT molecular complexity index is 1030. The summed E-state index contributed by atoms with van der Waals surface area (Å²) in [6, 6.07) is -1.53. The molecule has 4 N–H and O–H groups in total. The molecule has 0 aliphatic heterocycles. The molecular formula is C40H72NO10P. The van der Waals surface area contributed by atoms with Crippen LogP contribution in [-0.2, 0) is 37.5 Å². The summed E-state index contributed by atoms with van der Waals surface area (Å²) >= 11 is 0. The van der Waals surface area contributed by atoms with E-state index >= 15 is 0 Å². The second-order valence-electron chi connectivity index (χ2n) is 13.4. The van der Waals surface area contributed by atoms with Crippen LogP contribution in [0.15, 0.2) is 36.5 Å². The summed E-state index contributed by atoms with van der Waals surface area (Å²) in [6.45, 7) is 2.69. The number of unbranched alkanes of at least 4 members (excludes halogenated alkanes) is 17. The van der Waals surface area contributed by atoms with Crippen LogP contribution in [0.5, 0.6) is 0 Å². The molecule has 12 heteroatoms. The van der Waals surface area contributed by atoms with Crippen LogP contribution in [0.4, 0.5) is 0 Å². The number of hydrogen-bond acceptors (Lipinski definition) is 9. The molecule has 3 atom stereocenters. The van der Waals surface area contributed by atoms with Crippen molar-refractivity contribution in [2.75, 3.05) is 19.8 Å². The van der Waals surface area contributed by atoms with Crippen LogP contribution >= 0.6 is 7.82 Å². The van der Waals surface area contributed by atoms with E-state index in [1.54, 1.807) is 0 Å². The van der Waals surface area contributed by atoms with Crippen molar-refractivity contribution in [3.05, 3.63) is 36.5 Å². The van der Waals surface area contributed by atoms with E-state index in [-0.39, 0.29) is 19.4 Å². The zero-order chi connectivity index (χ0) is 38.5. The van der Waals surface area contributed by atoms with Gasteiger partial charge in [-0.3, -0.25) is 23.4 Å². The third-order valence-electron chi connectivity index (χ3n) is 8.36. The molecule has 0 aliphatic carbocycles. The summed E-state index contributed by atoms with van der Waals surface area (Å²) in [5.74, 6) is -2.45. The SMILES string of the molecule is CCCC/C=C/CCCCCCCC(=O)OC[C@@H](COP(=O)(O)OC[C@H](N)C(=O)O)OC(=O)CCC/C=C/C/C=C/CCCCCCCCCCC. The standard InChI is InChI=1S/C40H72NO10P/c1-3-5-7-9-11-13-15-16-17-18-19-20-22-24-26-28-30-32-39(43)51-36(34-49-52(46,47)50-35-37(41)40(44)45)33-48-38(42)31-29-27-25-23-21-14-12-10-8-6-4-2/h10,12,19-20,24,26,36-37H,3-9,11,13-18,21-23,25,27-35,41H2,1-2H3,(H,44,45)(H,46,47)/b12-10+,20-19+,26-24+/t36-,37-/m0/s1. The van der Waals surface area contributed by atoms with Gasteiger partial charge in [-0.25, -0.2) is 4.57 Å². The number of carboxylic acids is 1. The van der Waals surface area contributed by atoms with Crippen LogP contribution in [0.25, 0.3) is 0 Å². The van der Waals surface area contributed by atoms with Gasteiger partial charge in [-0.2, -0.15) is 0 Å². The third-order valence-corrected chi connectivity index (χ3v) is 9.31. The second-order valence-corrected chi connectivity index (χ2v) is 14.9. The average Bonchev–Trinajstić information content (AvgIpc) is 3.12. The molecule has 0 spiro atoms. The molecule has 0 aromatic heterocycles. The number of hydrogen-bond donors (Lipinski definition) is 3. The van der Waals surface area contributed by atoms with Gasteiger partial charge in [0.05, 0.1) is 13.2 Å². The number of carbonyl (C=O) groups excluding carboxylic acids is 2. The van der Waals surface area contributed by atoms with Crippen molar-refractivity contribution in [2.24, 2.45) is 5.73 Å². The minimum Gasteiger partial charge on any atom is -0.480 e. The molecule has 0 saturated heterocycles. The van der Waals surface area contributed by atoms with Crippen LogP contribution in [0.1, 0.15) is 168 Å². The number of nitrogens with two attached hydrogens (primary N) is 1. The van der Waals surface area contributed by atoms with Crippen molar-refractivity contribution < 1.29 is 47.5 Å². The molecule has 0 fully saturated rings. The maximum absolute atomic E-state index is 12.6. The highest BCUT2D eigenvalue weighted by Crippen LogP contribution is 2.43. The van der Waals surface area contributed by atoms with Gasteiger partial charge in [0.15, 0.2) is 6.10 Å². The van der Waals surface area contributed by atoms with Gasteiger partial charge in [0, 0.05) is 12.8 Å². The number of esters is 2. The first kappa shape index (κ1) is 49.7. The van der Waals surface area contributed by atoms with Gasteiger partial charge in [-0.15, -0.1) is 0 Å². The molecule has 52 heavy (non-hydrogen) atoms. The summed E-state index contributed by atoms with van der Waals surface area (Å²) in [6.07, 6.45) is 36.6. The van der Waals surface area contributed by atoms with Gasteiger partial charge in [0.1, 0.15) is 12.6 Å². The first-order valence-corrected chi connectivity index (χ1v) is 21.5. The Morgan fingerprint density at radius 3 is 1.63 bits per heavy atom. The molecule has 0 aliphatic rings. The fourth-order valence-corrected chi connectivity index (χ4v) is 5.92. The van der Waals surface area contributed by atoms with E-state index in [2.05, 4.69) is 48.8 Å². The van der Waals surface area contributed by atoms with Crippen molar-refractivity contribution in [1.29, 1.82) is 0 Å². The lowest BCUT2D eigenvalue weighted by Gasteiger charge is -2.20. The summed E-state index contributed by atoms with van der Waals surface area (Å²) in [5.41, 5.74) is 5.31. The lowest BCUT2D eigenvalue weighted by Crippen LogP contribution is -2.34. The van der Waals surface area contributed by atoms with Crippen molar-refractivity contribution >= 4 is 25.7 Å². The molecule has 0 aromatic rings. The average molecular weight is 758 g/mol. The number of phosphoric acid groups is 1. The van der Waals surface area contributed by atoms with E-state index in [1.807, 2.05) is 6.08 Å². The molecule has 0 saturated carbocycles. The highest BCUT2D eigenvalue weighted by atomic mass is 31.2. The first-order chi connectivity index (χ1) is 25.1. The first-order valence-electron chi connectivity index (χ1n) is 20.0. The Labute approximate surface area is 314 Å². The Hall–Kier alpha value is -2.30. The Morgan fingerprint density at radius 1 is 0.596 bits per heavy atom. The molecule has 1 unspecified atom stereocenters. The van der Waals surface area contributed by atoms with E-state index in [9.17, 15) is 23.8 Å². The van der Waals surface area contributed by atoms with Crippen LogP contribution < -0.4 is 5.73 Å². The van der Waals surface area contributed by atoms with Gasteiger partial charge in [0.2, 0.25) is 0 Å². The fraction of sp³-hybridized carbons (Fsp3) is 0.775. The maximum Gasteiger partial charge on any atom is 0.472 e. The summed E-state index contributed by atoms with van der Waals surface area (Å²) in [5, 5.41) is 8.86. The van der Waals surface area contributed by atoms with Crippen LogP contribution in [-0.4, -0.2) is 59.9 Å². The zero-order valence-electron chi connectivity index (χ0n) is 32.4. The van der Waals surface area contributed by atoms with Crippen molar-refractivity contribution in [3.8, 4) is 0 Å². The lowest BCUT2D eigenvalue weighted by atomic mass is 10.1. The largest absolute Gasteiger partial charge is 0.480 e. The van der Waals surface area contributed by atoms with Gasteiger partial charge >= 0.3 is 25.7 Å². The summed E-state index contributed by atoms with van der Waals surface area (Å²) in [4.78, 5) is 45.7. The predicted molar refractivity (Wildman–Crippen MR) is 208 cm³/mol. The lowest BCUT2D eigenvalue weighted by molar-refractivity contribution is -0.161. The van der Waals surface area contributed by atoms with Gasteiger partial charge in [0.25, 0.3) is 0 Å². The number of phosphoric ester groups is 1. The molecule has 0 amide bonds. The van der Waals surface area contributed by atoms with Crippen molar-refractivity contribution in [1.82, 2.24) is 0 Å². The van der Waals surface area contributed by atoms with E-state index in [0.29, 0.717) is 19.3 Å². The molecular weight excluding hydrogens is 685 g/mol. The monoisotopic (exact) mass is 757 g/mol. The molecule has 0 bridgehead atoms. The van der Waals surface area contributed by atoms with Crippen LogP contribution in [0, 0.1) is 0 Å². The number of ether oxygens (including phenoxy) is 2. The Kier molecular flexibility index (Phi) is 34.1. The zero-order valence-corrected chi connectivity index (χ0v) is 33.3. The summed E-state index contributed by atoms with van der Waals surface area (Å²) < 4.78 is 32.5. The van der Waals surface area contributed by atoms with Crippen LogP contribution in [0.2, 0.25) is 0 Å². The molecule has 302 valence electrons. The fourth-order valence-electron chi connectivity index (χ4n) is 5.14. The van der Waals surface area contributed by atoms with Gasteiger partial charge in [-0.05, 0) is 57.8 Å². The minimum absolute atomic E-state index is 0.0957. The highest BCUT2D eigenvalue weighted by Gasteiger charge is 2.28. The van der Waals surface area contributed by atoms with Crippen molar-refractivity contribution in [2.45, 2.75) is 180 Å². The van der Waals surface area contributed by atoms with Gasteiger partial charge in [-0.1, -0.05) is 134 Å². The third kappa shape index (κ3) is 34.8. The molecule has 11 nitrogen and oxygen atoms in total.